The zero-order valence-corrected chi connectivity index (χ0v) is 16.6. The van der Waals surface area contributed by atoms with E-state index in [1.165, 1.54) is 11.3 Å². The van der Waals surface area contributed by atoms with E-state index in [1.807, 2.05) is 36.4 Å². The molecule has 0 unspecified atom stereocenters. The summed E-state index contributed by atoms with van der Waals surface area (Å²) in [6, 6.07) is 20.3. The highest BCUT2D eigenvalue weighted by Crippen LogP contribution is 2.30. The maximum absolute atomic E-state index is 12.7. The molecule has 1 atom stereocenters. The van der Waals surface area contributed by atoms with Crippen LogP contribution in [0.5, 0.6) is 0 Å². The molecule has 0 fully saturated rings. The molecule has 3 rings (SSSR count). The Morgan fingerprint density at radius 2 is 1.59 bits per heavy atom. The number of aromatic nitrogens is 2. The summed E-state index contributed by atoms with van der Waals surface area (Å²) in [7, 11) is 0. The standard InChI is InChI=1S/C22H25N3OS/c1-3-10-16(2)21-24-25-22(27-21)23-20(26)15-19(17-11-6-4-7-12-17)18-13-8-5-9-14-18/h4-9,11-14,16,19H,3,10,15H2,1-2H3,(H,23,25,26)/t16-/m1/s1. The lowest BCUT2D eigenvalue weighted by Gasteiger charge is -2.17. The summed E-state index contributed by atoms with van der Waals surface area (Å²) in [6.07, 6.45) is 2.55. The molecule has 0 radical (unpaired) electrons. The van der Waals surface area contributed by atoms with Crippen LogP contribution in [0.4, 0.5) is 5.13 Å². The zero-order chi connectivity index (χ0) is 19.1. The van der Waals surface area contributed by atoms with Crippen LogP contribution < -0.4 is 5.32 Å². The fraction of sp³-hybridized carbons (Fsp3) is 0.318. The Morgan fingerprint density at radius 1 is 1.00 bits per heavy atom. The van der Waals surface area contributed by atoms with E-state index in [2.05, 4.69) is 53.6 Å². The van der Waals surface area contributed by atoms with Gasteiger partial charge in [0.1, 0.15) is 5.01 Å². The molecule has 0 saturated carbocycles. The molecule has 5 heteroatoms. The number of rotatable bonds is 8. The van der Waals surface area contributed by atoms with Crippen LogP contribution in [0.3, 0.4) is 0 Å². The molecule has 3 aromatic rings. The largest absolute Gasteiger partial charge is 0.300 e. The van der Waals surface area contributed by atoms with Gasteiger partial charge in [0.2, 0.25) is 11.0 Å². The van der Waals surface area contributed by atoms with Crippen molar-refractivity contribution in [2.45, 2.75) is 44.9 Å². The SMILES string of the molecule is CCC[C@@H](C)c1nnc(NC(=O)CC(c2ccccc2)c2ccccc2)s1. The molecule has 0 saturated heterocycles. The Balaban J connectivity index is 1.72. The molecule has 2 aromatic carbocycles. The number of benzene rings is 2. The summed E-state index contributed by atoms with van der Waals surface area (Å²) in [4.78, 5) is 12.7. The number of hydrogen-bond acceptors (Lipinski definition) is 4. The number of anilines is 1. The van der Waals surface area contributed by atoms with Gasteiger partial charge in [0, 0.05) is 18.3 Å². The van der Waals surface area contributed by atoms with Crippen molar-refractivity contribution in [2.24, 2.45) is 0 Å². The first-order chi connectivity index (χ1) is 13.2. The molecule has 1 N–H and O–H groups in total. The second-order valence-electron chi connectivity index (χ2n) is 6.76. The first kappa shape index (κ1) is 19.2. The van der Waals surface area contributed by atoms with Crippen LogP contribution in [0.2, 0.25) is 0 Å². The quantitative estimate of drug-likeness (QED) is 0.554. The molecule has 1 amide bonds. The average Bonchev–Trinajstić information content (AvgIpc) is 3.16. The lowest BCUT2D eigenvalue weighted by molar-refractivity contribution is -0.116. The topological polar surface area (TPSA) is 54.9 Å². The summed E-state index contributed by atoms with van der Waals surface area (Å²) in [5.74, 6) is 0.344. The van der Waals surface area contributed by atoms with Crippen molar-refractivity contribution >= 4 is 22.4 Å². The van der Waals surface area contributed by atoms with Crippen LogP contribution in [-0.4, -0.2) is 16.1 Å². The number of amides is 1. The molecule has 1 heterocycles. The van der Waals surface area contributed by atoms with Gasteiger partial charge in [0.25, 0.3) is 0 Å². The van der Waals surface area contributed by atoms with Gasteiger partial charge in [0.05, 0.1) is 0 Å². The summed E-state index contributed by atoms with van der Waals surface area (Å²) >= 11 is 1.47. The highest BCUT2D eigenvalue weighted by Gasteiger charge is 2.19. The van der Waals surface area contributed by atoms with Gasteiger partial charge in [-0.15, -0.1) is 10.2 Å². The molecule has 0 bridgehead atoms. The zero-order valence-electron chi connectivity index (χ0n) is 15.8. The van der Waals surface area contributed by atoms with Crippen LogP contribution in [0.15, 0.2) is 60.7 Å². The predicted molar refractivity (Wildman–Crippen MR) is 111 cm³/mol. The minimum absolute atomic E-state index is 0.0128. The maximum atomic E-state index is 12.7. The lowest BCUT2D eigenvalue weighted by atomic mass is 9.88. The monoisotopic (exact) mass is 379 g/mol. The molecular weight excluding hydrogens is 354 g/mol. The van der Waals surface area contributed by atoms with E-state index in [0.717, 1.165) is 29.0 Å². The van der Waals surface area contributed by atoms with Gasteiger partial charge in [0.15, 0.2) is 0 Å². The van der Waals surface area contributed by atoms with Gasteiger partial charge in [-0.2, -0.15) is 0 Å². The van der Waals surface area contributed by atoms with Crippen LogP contribution in [0.1, 0.15) is 61.1 Å². The van der Waals surface area contributed by atoms with Gasteiger partial charge in [-0.05, 0) is 17.5 Å². The minimum Gasteiger partial charge on any atom is -0.300 e. The third-order valence-corrected chi connectivity index (χ3v) is 5.69. The lowest BCUT2D eigenvalue weighted by Crippen LogP contribution is -2.16. The van der Waals surface area contributed by atoms with E-state index in [0.29, 0.717) is 17.5 Å². The van der Waals surface area contributed by atoms with Crippen molar-refractivity contribution in [2.75, 3.05) is 5.32 Å². The number of nitrogens with zero attached hydrogens (tertiary/aromatic N) is 2. The minimum atomic E-state index is -0.0430. The van der Waals surface area contributed by atoms with Crippen LogP contribution >= 0.6 is 11.3 Å². The second kappa shape index (κ2) is 9.42. The summed E-state index contributed by atoms with van der Waals surface area (Å²) in [5.41, 5.74) is 2.27. The van der Waals surface area contributed by atoms with Crippen molar-refractivity contribution < 1.29 is 4.79 Å². The number of hydrogen-bond donors (Lipinski definition) is 1. The third-order valence-electron chi connectivity index (χ3n) is 4.62. The summed E-state index contributed by atoms with van der Waals surface area (Å²) < 4.78 is 0. The Morgan fingerprint density at radius 3 is 2.15 bits per heavy atom. The van der Waals surface area contributed by atoms with Crippen molar-refractivity contribution in [3.63, 3.8) is 0 Å². The highest BCUT2D eigenvalue weighted by atomic mass is 32.1. The van der Waals surface area contributed by atoms with Crippen molar-refractivity contribution in [3.8, 4) is 0 Å². The number of carbonyl (C=O) groups is 1. The van der Waals surface area contributed by atoms with E-state index in [4.69, 9.17) is 0 Å². The Kier molecular flexibility index (Phi) is 6.71. The molecule has 1 aromatic heterocycles. The van der Waals surface area contributed by atoms with Gasteiger partial charge >= 0.3 is 0 Å². The molecular formula is C22H25N3OS. The van der Waals surface area contributed by atoms with Crippen molar-refractivity contribution in [1.82, 2.24) is 10.2 Å². The fourth-order valence-electron chi connectivity index (χ4n) is 3.20. The normalized spacial score (nSPS) is 12.1. The molecule has 0 aliphatic rings. The Hall–Kier alpha value is -2.53. The fourth-order valence-corrected chi connectivity index (χ4v) is 4.04. The summed E-state index contributed by atoms with van der Waals surface area (Å²) in [5, 5.41) is 12.9. The molecule has 140 valence electrons. The van der Waals surface area contributed by atoms with Crippen LogP contribution in [0.25, 0.3) is 0 Å². The van der Waals surface area contributed by atoms with Gasteiger partial charge < -0.3 is 5.32 Å². The Bertz CT molecular complexity index is 809. The van der Waals surface area contributed by atoms with Crippen molar-refractivity contribution in [3.05, 3.63) is 76.8 Å². The molecule has 4 nitrogen and oxygen atoms in total. The van der Waals surface area contributed by atoms with E-state index in [1.54, 1.807) is 0 Å². The molecule has 0 aliphatic heterocycles. The first-order valence-electron chi connectivity index (χ1n) is 9.40. The molecule has 0 spiro atoms. The van der Waals surface area contributed by atoms with E-state index in [9.17, 15) is 4.79 Å². The highest BCUT2D eigenvalue weighted by molar-refractivity contribution is 7.15. The smallest absolute Gasteiger partial charge is 0.227 e. The first-order valence-corrected chi connectivity index (χ1v) is 10.2. The van der Waals surface area contributed by atoms with E-state index in [-0.39, 0.29) is 11.8 Å². The molecule has 0 aliphatic carbocycles. The third kappa shape index (κ3) is 5.23. The van der Waals surface area contributed by atoms with E-state index < -0.39 is 0 Å². The Labute approximate surface area is 164 Å². The van der Waals surface area contributed by atoms with Crippen molar-refractivity contribution in [1.29, 1.82) is 0 Å². The molecule has 27 heavy (non-hydrogen) atoms. The summed E-state index contributed by atoms with van der Waals surface area (Å²) in [6.45, 7) is 4.31. The van der Waals surface area contributed by atoms with Gasteiger partial charge in [-0.1, -0.05) is 92.3 Å². The van der Waals surface area contributed by atoms with Gasteiger partial charge in [-0.25, -0.2) is 0 Å². The maximum Gasteiger partial charge on any atom is 0.227 e. The number of nitrogens with one attached hydrogen (secondary N) is 1. The predicted octanol–water partition coefficient (Wildman–Crippen LogP) is 5.60. The van der Waals surface area contributed by atoms with Gasteiger partial charge in [-0.3, -0.25) is 4.79 Å². The second-order valence-corrected chi connectivity index (χ2v) is 7.77. The van der Waals surface area contributed by atoms with Crippen LogP contribution in [0, 0.1) is 0 Å². The van der Waals surface area contributed by atoms with Crippen LogP contribution in [-0.2, 0) is 4.79 Å². The average molecular weight is 380 g/mol. The number of carbonyl (C=O) groups excluding carboxylic acids is 1. The van der Waals surface area contributed by atoms with E-state index >= 15 is 0 Å².